The molecule has 1 heterocycles. The van der Waals surface area contributed by atoms with Crippen LogP contribution in [-0.4, -0.2) is 27.6 Å². The molecule has 0 unspecified atom stereocenters. The highest BCUT2D eigenvalue weighted by atomic mass is 35.5. The Bertz CT molecular complexity index is 697. The average molecular weight is 327 g/mol. The predicted octanol–water partition coefficient (Wildman–Crippen LogP) is 2.89. The molecule has 0 radical (unpaired) electrons. The number of nitrogen functional groups attached to an aromatic ring is 1. The zero-order valence-electron chi connectivity index (χ0n) is 12.0. The van der Waals surface area contributed by atoms with Gasteiger partial charge in [-0.3, -0.25) is 9.48 Å². The molecule has 0 saturated carbocycles. The molecule has 0 aliphatic heterocycles. The van der Waals surface area contributed by atoms with Gasteiger partial charge in [-0.2, -0.15) is 5.10 Å². The van der Waals surface area contributed by atoms with Gasteiger partial charge >= 0.3 is 0 Å². The van der Waals surface area contributed by atoms with Crippen LogP contribution in [0.1, 0.15) is 21.7 Å². The molecule has 5 nitrogen and oxygen atoms in total. The molecule has 112 valence electrons. The van der Waals surface area contributed by atoms with Crippen molar-refractivity contribution >= 4 is 34.8 Å². The molecule has 1 aromatic carbocycles. The summed E-state index contributed by atoms with van der Waals surface area (Å²) in [6.07, 6.45) is 0. The van der Waals surface area contributed by atoms with E-state index < -0.39 is 0 Å². The van der Waals surface area contributed by atoms with Crippen LogP contribution in [0.3, 0.4) is 0 Å². The number of carbonyl (C=O) groups is 1. The number of nitrogens with zero attached hydrogens (tertiary/aromatic N) is 3. The van der Waals surface area contributed by atoms with E-state index in [-0.39, 0.29) is 5.91 Å². The lowest BCUT2D eigenvalue weighted by molar-refractivity contribution is 0.0775. The third-order valence-corrected chi connectivity index (χ3v) is 4.11. The predicted molar refractivity (Wildman–Crippen MR) is 84.6 cm³/mol. The van der Waals surface area contributed by atoms with Crippen molar-refractivity contribution in [1.82, 2.24) is 14.7 Å². The van der Waals surface area contributed by atoms with Crippen LogP contribution in [0.4, 0.5) is 5.69 Å². The number of amides is 1. The van der Waals surface area contributed by atoms with Gasteiger partial charge in [0.25, 0.3) is 5.91 Å². The summed E-state index contributed by atoms with van der Waals surface area (Å²) in [6.45, 7) is 2.10. The van der Waals surface area contributed by atoms with Crippen molar-refractivity contribution in [2.45, 2.75) is 13.5 Å². The summed E-state index contributed by atoms with van der Waals surface area (Å²) >= 11 is 12.1. The van der Waals surface area contributed by atoms with Crippen LogP contribution in [0.5, 0.6) is 0 Å². The van der Waals surface area contributed by atoms with Crippen molar-refractivity contribution in [2.75, 3.05) is 12.8 Å². The van der Waals surface area contributed by atoms with Crippen molar-refractivity contribution in [1.29, 1.82) is 0 Å². The number of rotatable bonds is 3. The Morgan fingerprint density at radius 1 is 1.43 bits per heavy atom. The summed E-state index contributed by atoms with van der Waals surface area (Å²) in [5.74, 6) is -0.216. The van der Waals surface area contributed by atoms with Gasteiger partial charge in [0.15, 0.2) is 0 Å². The summed E-state index contributed by atoms with van der Waals surface area (Å²) < 4.78 is 1.49. The second kappa shape index (κ2) is 5.95. The molecule has 0 saturated heterocycles. The van der Waals surface area contributed by atoms with E-state index >= 15 is 0 Å². The number of halogens is 2. The first kappa shape index (κ1) is 15.7. The van der Waals surface area contributed by atoms with Gasteiger partial charge in [-0.25, -0.2) is 0 Å². The minimum Gasteiger partial charge on any atom is -0.395 e. The summed E-state index contributed by atoms with van der Waals surface area (Å²) in [5, 5.41) is 5.07. The molecule has 0 aliphatic carbocycles. The van der Waals surface area contributed by atoms with Gasteiger partial charge in [0.1, 0.15) is 5.69 Å². The van der Waals surface area contributed by atoms with E-state index in [1.807, 2.05) is 6.07 Å². The molecule has 2 aromatic rings. The van der Waals surface area contributed by atoms with Crippen LogP contribution >= 0.6 is 23.2 Å². The van der Waals surface area contributed by atoms with Crippen LogP contribution < -0.4 is 5.73 Å². The minimum absolute atomic E-state index is 0.216. The lowest BCUT2D eigenvalue weighted by atomic mass is 10.2. The van der Waals surface area contributed by atoms with Gasteiger partial charge in [-0.1, -0.05) is 35.3 Å². The number of aromatic nitrogens is 2. The maximum atomic E-state index is 12.5. The SMILES string of the molecule is Cc1nn(C)c(C(=O)N(C)Cc2cccc(Cl)c2Cl)c1N. The third kappa shape index (κ3) is 2.99. The van der Waals surface area contributed by atoms with E-state index in [2.05, 4.69) is 5.10 Å². The van der Waals surface area contributed by atoms with Crippen molar-refractivity contribution in [3.63, 3.8) is 0 Å². The van der Waals surface area contributed by atoms with Gasteiger partial charge < -0.3 is 10.6 Å². The van der Waals surface area contributed by atoms with Crippen LogP contribution in [0.25, 0.3) is 0 Å². The van der Waals surface area contributed by atoms with E-state index in [0.717, 1.165) is 5.56 Å². The second-order valence-corrected chi connectivity index (χ2v) is 5.63. The fourth-order valence-electron chi connectivity index (χ4n) is 2.11. The quantitative estimate of drug-likeness (QED) is 0.943. The standard InChI is InChI=1S/C14H16Cl2N4O/c1-8-12(17)13(20(3)18-8)14(21)19(2)7-9-5-4-6-10(15)11(9)16/h4-6H,7,17H2,1-3H3. The zero-order chi connectivity index (χ0) is 15.7. The summed E-state index contributed by atoms with van der Waals surface area (Å²) in [6, 6.07) is 5.33. The molecular formula is C14H16Cl2N4O. The first-order valence-electron chi connectivity index (χ1n) is 6.30. The lowest BCUT2D eigenvalue weighted by Crippen LogP contribution is -2.29. The van der Waals surface area contributed by atoms with Gasteiger partial charge in [0.05, 0.1) is 21.4 Å². The maximum Gasteiger partial charge on any atom is 0.274 e. The highest BCUT2D eigenvalue weighted by Crippen LogP contribution is 2.27. The molecule has 0 spiro atoms. The van der Waals surface area contributed by atoms with Crippen LogP contribution in [0.2, 0.25) is 10.0 Å². The Hall–Kier alpha value is -1.72. The average Bonchev–Trinajstić information content (AvgIpc) is 2.68. The van der Waals surface area contributed by atoms with E-state index in [1.54, 1.807) is 33.2 Å². The topological polar surface area (TPSA) is 64.2 Å². The van der Waals surface area contributed by atoms with Gasteiger partial charge in [0.2, 0.25) is 0 Å². The molecule has 0 bridgehead atoms. The maximum absolute atomic E-state index is 12.5. The molecular weight excluding hydrogens is 311 g/mol. The van der Waals surface area contributed by atoms with Crippen LogP contribution in [0.15, 0.2) is 18.2 Å². The van der Waals surface area contributed by atoms with E-state index in [4.69, 9.17) is 28.9 Å². The molecule has 7 heteroatoms. The number of hydrogen-bond donors (Lipinski definition) is 1. The molecule has 1 amide bonds. The molecule has 0 fully saturated rings. The van der Waals surface area contributed by atoms with E-state index in [9.17, 15) is 4.79 Å². The lowest BCUT2D eigenvalue weighted by Gasteiger charge is -2.18. The second-order valence-electron chi connectivity index (χ2n) is 4.85. The summed E-state index contributed by atoms with van der Waals surface area (Å²) in [4.78, 5) is 14.0. The van der Waals surface area contributed by atoms with Crippen LogP contribution in [0, 0.1) is 6.92 Å². The molecule has 0 atom stereocenters. The smallest absolute Gasteiger partial charge is 0.274 e. The molecule has 1 aromatic heterocycles. The monoisotopic (exact) mass is 326 g/mol. The highest BCUT2D eigenvalue weighted by Gasteiger charge is 2.22. The number of nitrogens with two attached hydrogens (primary N) is 1. The fraction of sp³-hybridized carbons (Fsp3) is 0.286. The largest absolute Gasteiger partial charge is 0.395 e. The number of carbonyl (C=O) groups excluding carboxylic acids is 1. The summed E-state index contributed by atoms with van der Waals surface area (Å²) in [7, 11) is 3.37. The normalized spacial score (nSPS) is 10.7. The number of anilines is 1. The Balaban J connectivity index is 2.26. The first-order valence-corrected chi connectivity index (χ1v) is 7.06. The fourth-order valence-corrected chi connectivity index (χ4v) is 2.49. The number of benzene rings is 1. The Labute approximate surface area is 133 Å². The van der Waals surface area contributed by atoms with Crippen molar-refractivity contribution in [3.8, 4) is 0 Å². The first-order chi connectivity index (χ1) is 9.82. The Kier molecular flexibility index (Phi) is 4.44. The Morgan fingerprint density at radius 3 is 2.67 bits per heavy atom. The Morgan fingerprint density at radius 2 is 2.10 bits per heavy atom. The van der Waals surface area contributed by atoms with Gasteiger partial charge in [-0.15, -0.1) is 0 Å². The molecule has 0 aliphatic rings. The number of aryl methyl sites for hydroxylation is 2. The minimum atomic E-state index is -0.216. The molecule has 2 N–H and O–H groups in total. The number of hydrogen-bond acceptors (Lipinski definition) is 3. The van der Waals surface area contributed by atoms with Crippen molar-refractivity contribution in [2.24, 2.45) is 7.05 Å². The van der Waals surface area contributed by atoms with Crippen molar-refractivity contribution < 1.29 is 4.79 Å². The van der Waals surface area contributed by atoms with Crippen LogP contribution in [-0.2, 0) is 13.6 Å². The zero-order valence-corrected chi connectivity index (χ0v) is 13.5. The van der Waals surface area contributed by atoms with E-state index in [1.165, 1.54) is 9.58 Å². The highest BCUT2D eigenvalue weighted by molar-refractivity contribution is 6.42. The van der Waals surface area contributed by atoms with Gasteiger partial charge in [-0.05, 0) is 18.6 Å². The molecule has 2 rings (SSSR count). The summed E-state index contributed by atoms with van der Waals surface area (Å²) in [5.41, 5.74) is 8.08. The third-order valence-electron chi connectivity index (χ3n) is 3.26. The van der Waals surface area contributed by atoms with E-state index in [0.29, 0.717) is 33.7 Å². The van der Waals surface area contributed by atoms with Crippen molar-refractivity contribution in [3.05, 3.63) is 45.2 Å². The molecule has 21 heavy (non-hydrogen) atoms. The van der Waals surface area contributed by atoms with Gasteiger partial charge in [0, 0.05) is 20.6 Å².